The van der Waals surface area contributed by atoms with E-state index in [2.05, 4.69) is 27.4 Å². The summed E-state index contributed by atoms with van der Waals surface area (Å²) in [5.41, 5.74) is 1.95. The molecular weight excluding hydrogens is 322 g/mol. The Balaban J connectivity index is 1.51. The first-order valence-electron chi connectivity index (χ1n) is 8.28. The molecule has 1 aromatic carbocycles. The fourth-order valence-corrected chi connectivity index (χ4v) is 3.68. The van der Waals surface area contributed by atoms with Crippen molar-refractivity contribution in [1.82, 2.24) is 9.97 Å². The van der Waals surface area contributed by atoms with E-state index in [1.165, 1.54) is 61.7 Å². The number of hydrogen-bond donors (Lipinski definition) is 2. The summed E-state index contributed by atoms with van der Waals surface area (Å²) in [6.07, 6.45) is 7.95. The molecule has 0 saturated heterocycles. The number of carbonyl (C=O) groups excluding carboxylic acids is 1. The Morgan fingerprint density at radius 1 is 1.17 bits per heavy atom. The van der Waals surface area contributed by atoms with Crippen LogP contribution < -0.4 is 10.9 Å². The smallest absolute Gasteiger partial charge is 0.251 e. The molecule has 1 heterocycles. The second-order valence-electron chi connectivity index (χ2n) is 6.03. The highest BCUT2D eigenvalue weighted by molar-refractivity contribution is 7.99. The summed E-state index contributed by atoms with van der Waals surface area (Å²) in [5.74, 6) is 0.758. The molecule has 0 spiro atoms. The third-order valence-electron chi connectivity index (χ3n) is 4.26. The summed E-state index contributed by atoms with van der Waals surface area (Å²) >= 11 is 1.21. The zero-order valence-electron chi connectivity index (χ0n) is 13.5. The summed E-state index contributed by atoms with van der Waals surface area (Å²) in [6, 6.07) is 9.52. The van der Waals surface area contributed by atoms with E-state index >= 15 is 0 Å². The van der Waals surface area contributed by atoms with Gasteiger partial charge in [0.15, 0.2) is 5.16 Å². The number of carbonyl (C=O) groups is 1. The summed E-state index contributed by atoms with van der Waals surface area (Å²) in [7, 11) is 0. The van der Waals surface area contributed by atoms with Crippen LogP contribution in [0.1, 0.15) is 43.6 Å². The average Bonchev–Trinajstić information content (AvgIpc) is 2.61. The molecule has 0 atom stereocenters. The fraction of sp³-hybridized carbons (Fsp3) is 0.389. The number of anilines is 1. The molecule has 1 aromatic heterocycles. The zero-order chi connectivity index (χ0) is 16.8. The molecule has 0 radical (unpaired) electrons. The van der Waals surface area contributed by atoms with Gasteiger partial charge in [-0.15, -0.1) is 0 Å². The van der Waals surface area contributed by atoms with Crippen LogP contribution in [0.2, 0.25) is 0 Å². The van der Waals surface area contributed by atoms with Crippen LogP contribution in [-0.4, -0.2) is 21.6 Å². The van der Waals surface area contributed by atoms with Gasteiger partial charge in [0.25, 0.3) is 5.56 Å². The van der Waals surface area contributed by atoms with Crippen molar-refractivity contribution in [3.8, 4) is 0 Å². The molecule has 1 aliphatic carbocycles. The number of hydrogen-bond acceptors (Lipinski definition) is 4. The van der Waals surface area contributed by atoms with Crippen LogP contribution in [0.4, 0.5) is 5.69 Å². The summed E-state index contributed by atoms with van der Waals surface area (Å²) < 4.78 is 0. The van der Waals surface area contributed by atoms with E-state index in [4.69, 9.17) is 0 Å². The topological polar surface area (TPSA) is 74.8 Å². The number of aromatic nitrogens is 2. The maximum Gasteiger partial charge on any atom is 0.251 e. The van der Waals surface area contributed by atoms with Gasteiger partial charge < -0.3 is 10.3 Å². The number of aromatic amines is 1. The van der Waals surface area contributed by atoms with Gasteiger partial charge in [-0.1, -0.05) is 43.2 Å². The minimum absolute atomic E-state index is 0.114. The molecule has 0 aliphatic heterocycles. The molecule has 3 rings (SSSR count). The first kappa shape index (κ1) is 16.8. The predicted octanol–water partition coefficient (Wildman–Crippen LogP) is 3.55. The van der Waals surface area contributed by atoms with Crippen molar-refractivity contribution in [2.75, 3.05) is 11.1 Å². The molecule has 24 heavy (non-hydrogen) atoms. The molecule has 5 nitrogen and oxygen atoms in total. The van der Waals surface area contributed by atoms with Crippen LogP contribution in [0.3, 0.4) is 0 Å². The van der Waals surface area contributed by atoms with Crippen molar-refractivity contribution in [2.24, 2.45) is 0 Å². The molecule has 2 N–H and O–H groups in total. The minimum Gasteiger partial charge on any atom is -0.325 e. The molecule has 2 aromatic rings. The lowest BCUT2D eigenvalue weighted by atomic mass is 9.84. The average molecular weight is 343 g/mol. The van der Waals surface area contributed by atoms with Gasteiger partial charge in [-0.2, -0.15) is 0 Å². The highest BCUT2D eigenvalue weighted by atomic mass is 32.2. The normalized spacial score (nSPS) is 15.2. The summed E-state index contributed by atoms with van der Waals surface area (Å²) in [6.45, 7) is 0. The maximum atomic E-state index is 12.0. The number of amides is 1. The van der Waals surface area contributed by atoms with E-state index in [1.54, 1.807) is 0 Å². The van der Waals surface area contributed by atoms with E-state index < -0.39 is 0 Å². The first-order valence-corrected chi connectivity index (χ1v) is 9.27. The van der Waals surface area contributed by atoms with E-state index in [0.29, 0.717) is 11.1 Å². The lowest BCUT2D eigenvalue weighted by molar-refractivity contribution is -0.113. The fourth-order valence-electron chi connectivity index (χ4n) is 3.03. The molecule has 1 fully saturated rings. The Morgan fingerprint density at radius 3 is 2.62 bits per heavy atom. The highest BCUT2D eigenvalue weighted by Gasteiger charge is 2.15. The monoisotopic (exact) mass is 343 g/mol. The van der Waals surface area contributed by atoms with Gasteiger partial charge in [-0.05, 0) is 36.5 Å². The standard InChI is InChI=1S/C18H21N3O2S/c22-16-10-11-19-18(21-16)24-12-17(23)20-15-8-6-14(7-9-15)13-4-2-1-3-5-13/h6-11,13H,1-5,12H2,(H,20,23)(H,19,21,22). The van der Waals surface area contributed by atoms with Crippen LogP contribution in [0.25, 0.3) is 0 Å². The maximum absolute atomic E-state index is 12.0. The van der Waals surface area contributed by atoms with Crippen molar-refractivity contribution in [3.05, 3.63) is 52.4 Å². The number of H-pyrrole nitrogens is 1. The van der Waals surface area contributed by atoms with E-state index in [1.807, 2.05) is 12.1 Å². The van der Waals surface area contributed by atoms with Crippen molar-refractivity contribution >= 4 is 23.4 Å². The number of rotatable bonds is 5. The van der Waals surface area contributed by atoms with Crippen molar-refractivity contribution in [1.29, 1.82) is 0 Å². The van der Waals surface area contributed by atoms with Crippen LogP contribution in [0, 0.1) is 0 Å². The third-order valence-corrected chi connectivity index (χ3v) is 5.15. The number of benzene rings is 1. The molecular formula is C18H21N3O2S. The molecule has 0 unspecified atom stereocenters. The lowest BCUT2D eigenvalue weighted by Crippen LogP contribution is -2.15. The molecule has 6 heteroatoms. The lowest BCUT2D eigenvalue weighted by Gasteiger charge is -2.22. The van der Waals surface area contributed by atoms with Gasteiger partial charge in [-0.25, -0.2) is 4.98 Å². The zero-order valence-corrected chi connectivity index (χ0v) is 14.3. The largest absolute Gasteiger partial charge is 0.325 e. The molecule has 1 amide bonds. The van der Waals surface area contributed by atoms with Crippen LogP contribution in [-0.2, 0) is 4.79 Å². The number of nitrogens with zero attached hydrogens (tertiary/aromatic N) is 1. The van der Waals surface area contributed by atoms with Crippen LogP contribution in [0.5, 0.6) is 0 Å². The highest BCUT2D eigenvalue weighted by Crippen LogP contribution is 2.32. The number of nitrogens with one attached hydrogen (secondary N) is 2. The van der Waals surface area contributed by atoms with Crippen molar-refractivity contribution in [3.63, 3.8) is 0 Å². The van der Waals surface area contributed by atoms with Crippen LogP contribution in [0.15, 0.2) is 46.5 Å². The van der Waals surface area contributed by atoms with Crippen molar-refractivity contribution in [2.45, 2.75) is 43.2 Å². The van der Waals surface area contributed by atoms with Gasteiger partial charge in [0.1, 0.15) is 0 Å². The number of thioether (sulfide) groups is 1. The van der Waals surface area contributed by atoms with Gasteiger partial charge in [0, 0.05) is 18.0 Å². The molecule has 1 saturated carbocycles. The van der Waals surface area contributed by atoms with Gasteiger partial charge in [-0.3, -0.25) is 9.59 Å². The Labute approximate surface area is 145 Å². The SMILES string of the molecule is O=C(CSc1nccc(=O)[nH]1)Nc1ccc(C2CCCCC2)cc1. The quantitative estimate of drug-likeness (QED) is 0.643. The Bertz CT molecular complexity index is 736. The van der Waals surface area contributed by atoms with Crippen molar-refractivity contribution < 1.29 is 4.79 Å². The minimum atomic E-state index is -0.216. The Hall–Kier alpha value is -2.08. The van der Waals surface area contributed by atoms with Gasteiger partial charge in [0.05, 0.1) is 5.75 Å². The first-order chi connectivity index (χ1) is 11.7. The van der Waals surface area contributed by atoms with Gasteiger partial charge >= 0.3 is 0 Å². The van der Waals surface area contributed by atoms with E-state index in [0.717, 1.165) is 5.69 Å². The molecule has 1 aliphatic rings. The summed E-state index contributed by atoms with van der Waals surface area (Å²) in [4.78, 5) is 29.8. The summed E-state index contributed by atoms with van der Waals surface area (Å²) in [5, 5.41) is 3.33. The second-order valence-corrected chi connectivity index (χ2v) is 7.00. The second kappa shape index (κ2) is 8.15. The van der Waals surface area contributed by atoms with E-state index in [-0.39, 0.29) is 17.2 Å². The predicted molar refractivity (Wildman–Crippen MR) is 96.5 cm³/mol. The molecule has 126 valence electrons. The third kappa shape index (κ3) is 4.71. The Morgan fingerprint density at radius 2 is 1.92 bits per heavy atom. The van der Waals surface area contributed by atoms with E-state index in [9.17, 15) is 9.59 Å². The molecule has 0 bridgehead atoms. The van der Waals surface area contributed by atoms with Crippen LogP contribution >= 0.6 is 11.8 Å². The Kier molecular flexibility index (Phi) is 5.69. The van der Waals surface area contributed by atoms with Gasteiger partial charge in [0.2, 0.25) is 5.91 Å².